The molecule has 0 aromatic carbocycles. The van der Waals surface area contributed by atoms with E-state index in [9.17, 15) is 0 Å². The molecule has 0 fully saturated rings. The summed E-state index contributed by atoms with van der Waals surface area (Å²) in [5, 5.41) is 0. The van der Waals surface area contributed by atoms with E-state index in [0.717, 1.165) is 0 Å². The van der Waals surface area contributed by atoms with Crippen LogP contribution in [0.1, 0.15) is 0 Å². The third kappa shape index (κ3) is 101. The maximum absolute atomic E-state index is 8.88. The molecular formula is H3MgO4PZn+4. The van der Waals surface area contributed by atoms with Crippen LogP contribution in [-0.4, -0.2) is 37.7 Å². The zero-order valence-corrected chi connectivity index (χ0v) is 8.89. The zero-order valence-electron chi connectivity index (χ0n) is 3.61. The Bertz CT molecular complexity index is 57.8. The van der Waals surface area contributed by atoms with Crippen LogP contribution in [0.25, 0.3) is 0 Å². The smallest absolute Gasteiger partial charge is 0.303 e. The molecule has 0 saturated heterocycles. The van der Waals surface area contributed by atoms with Gasteiger partial charge in [0.15, 0.2) is 0 Å². The van der Waals surface area contributed by atoms with E-state index in [0.29, 0.717) is 0 Å². The molecule has 0 unspecified atom stereocenters. The van der Waals surface area contributed by atoms with E-state index in [-0.39, 0.29) is 42.5 Å². The number of rotatable bonds is 0. The van der Waals surface area contributed by atoms with E-state index in [1.54, 1.807) is 0 Å². The molecule has 0 amide bonds. The van der Waals surface area contributed by atoms with Crippen molar-refractivity contribution in [2.45, 2.75) is 0 Å². The van der Waals surface area contributed by atoms with Gasteiger partial charge in [-0.05, 0) is 0 Å². The van der Waals surface area contributed by atoms with Crippen molar-refractivity contribution in [3.8, 4) is 0 Å². The van der Waals surface area contributed by atoms with Crippen LogP contribution in [-0.2, 0) is 24.0 Å². The van der Waals surface area contributed by atoms with Gasteiger partial charge in [0, 0.05) is 0 Å². The Morgan fingerprint density at radius 2 is 1.14 bits per heavy atom. The normalized spacial score (nSPS) is 8.43. The summed E-state index contributed by atoms with van der Waals surface area (Å²) in [6.45, 7) is 0. The van der Waals surface area contributed by atoms with Crippen molar-refractivity contribution in [1.82, 2.24) is 0 Å². The fourth-order valence-electron chi connectivity index (χ4n) is 0. The van der Waals surface area contributed by atoms with Crippen molar-refractivity contribution >= 4 is 30.9 Å². The quantitative estimate of drug-likeness (QED) is 0.325. The molecule has 0 rings (SSSR count). The summed E-state index contributed by atoms with van der Waals surface area (Å²) in [5.74, 6) is 0. The first-order chi connectivity index (χ1) is 2.00. The fourth-order valence-corrected chi connectivity index (χ4v) is 0. The predicted molar refractivity (Wildman–Crippen MR) is 20.0 cm³/mol. The van der Waals surface area contributed by atoms with Crippen LogP contribution >= 0.6 is 7.82 Å². The van der Waals surface area contributed by atoms with E-state index in [1.165, 1.54) is 0 Å². The number of hydrogen-bond acceptors (Lipinski definition) is 1. The second-order valence-corrected chi connectivity index (χ2v) is 1.54. The average Bonchev–Trinajstić information content (AvgIpc) is 0.722. The fraction of sp³-hybridized carbons (Fsp3) is 0. The van der Waals surface area contributed by atoms with Gasteiger partial charge in [0.1, 0.15) is 0 Å². The molecule has 7 heteroatoms. The van der Waals surface area contributed by atoms with Crippen LogP contribution in [0.5, 0.6) is 0 Å². The predicted octanol–water partition coefficient (Wildman–Crippen LogP) is -1.31. The van der Waals surface area contributed by atoms with Crippen molar-refractivity contribution < 1.29 is 38.7 Å². The van der Waals surface area contributed by atoms with Crippen LogP contribution < -0.4 is 0 Å². The summed E-state index contributed by atoms with van der Waals surface area (Å²) in [7, 11) is -4.64. The van der Waals surface area contributed by atoms with Crippen LogP contribution in [0.2, 0.25) is 0 Å². The average molecular weight is 188 g/mol. The van der Waals surface area contributed by atoms with Gasteiger partial charge in [0.25, 0.3) is 0 Å². The van der Waals surface area contributed by atoms with Crippen LogP contribution in [0, 0.1) is 0 Å². The molecule has 0 aliphatic heterocycles. The molecule has 0 heterocycles. The molecule has 32 valence electrons. The van der Waals surface area contributed by atoms with E-state index in [2.05, 4.69) is 0 Å². The van der Waals surface area contributed by atoms with E-state index in [1.807, 2.05) is 0 Å². The van der Waals surface area contributed by atoms with Crippen molar-refractivity contribution in [3.63, 3.8) is 0 Å². The third-order valence-corrected chi connectivity index (χ3v) is 0. The van der Waals surface area contributed by atoms with Gasteiger partial charge in [-0.2, -0.15) is 0 Å². The first kappa shape index (κ1) is 15.8. The van der Waals surface area contributed by atoms with Crippen molar-refractivity contribution in [2.75, 3.05) is 0 Å². The minimum atomic E-state index is -4.64. The van der Waals surface area contributed by atoms with Gasteiger partial charge in [-0.3, -0.25) is 0 Å². The maximum atomic E-state index is 8.88. The topological polar surface area (TPSA) is 77.8 Å². The standard InChI is InChI=1S/Mg.H3O4P.Zn/c;1-5(2,3)4;/h;(H3,1,2,3,4);/q+2;;+2. The second kappa shape index (κ2) is 5.63. The van der Waals surface area contributed by atoms with E-state index < -0.39 is 7.82 Å². The Kier molecular flexibility index (Phi) is 12.7. The summed E-state index contributed by atoms with van der Waals surface area (Å²) >= 11 is 0. The minimum Gasteiger partial charge on any atom is -0.303 e. The number of phosphoric acid groups is 1. The van der Waals surface area contributed by atoms with Crippen molar-refractivity contribution in [3.05, 3.63) is 0 Å². The molecule has 0 bridgehead atoms. The van der Waals surface area contributed by atoms with Gasteiger partial charge in [-0.15, -0.1) is 0 Å². The molecule has 0 aromatic rings. The molecular weight excluding hydrogens is 185 g/mol. The number of hydrogen-bond donors (Lipinski definition) is 3. The minimum absolute atomic E-state index is 0. The van der Waals surface area contributed by atoms with Gasteiger partial charge in [0.2, 0.25) is 0 Å². The van der Waals surface area contributed by atoms with Gasteiger partial charge in [0.05, 0.1) is 0 Å². The van der Waals surface area contributed by atoms with E-state index >= 15 is 0 Å². The summed E-state index contributed by atoms with van der Waals surface area (Å²) in [6, 6.07) is 0. The molecule has 0 saturated carbocycles. The Labute approximate surface area is 69.5 Å². The van der Waals surface area contributed by atoms with Gasteiger partial charge in [-0.1, -0.05) is 0 Å². The molecule has 0 spiro atoms. The van der Waals surface area contributed by atoms with Crippen LogP contribution in [0.15, 0.2) is 0 Å². The molecule has 0 aliphatic carbocycles. The monoisotopic (exact) mass is 186 g/mol. The second-order valence-electron chi connectivity index (χ2n) is 0.513. The van der Waals surface area contributed by atoms with Crippen molar-refractivity contribution in [2.24, 2.45) is 0 Å². The largest absolute Gasteiger partial charge is 2.00 e. The Balaban J connectivity index is -0.0000000800. The van der Waals surface area contributed by atoms with Gasteiger partial charge in [-0.25, -0.2) is 4.57 Å². The van der Waals surface area contributed by atoms with Gasteiger partial charge < -0.3 is 14.7 Å². The summed E-state index contributed by atoms with van der Waals surface area (Å²) in [6.07, 6.45) is 0. The molecule has 4 nitrogen and oxygen atoms in total. The molecule has 3 N–H and O–H groups in total. The van der Waals surface area contributed by atoms with Crippen LogP contribution in [0.3, 0.4) is 0 Å². The Morgan fingerprint density at radius 3 is 1.14 bits per heavy atom. The molecule has 0 aromatic heterocycles. The van der Waals surface area contributed by atoms with E-state index in [4.69, 9.17) is 19.2 Å². The van der Waals surface area contributed by atoms with Crippen LogP contribution in [0.4, 0.5) is 0 Å². The maximum Gasteiger partial charge on any atom is 2.00 e. The molecule has 0 atom stereocenters. The Hall–Kier alpha value is 1.50. The SMILES string of the molecule is O=P(O)(O)O.[Mg+2].[Zn+2]. The summed E-state index contributed by atoms with van der Waals surface area (Å²) in [5.41, 5.74) is 0. The summed E-state index contributed by atoms with van der Waals surface area (Å²) in [4.78, 5) is 21.6. The summed E-state index contributed by atoms with van der Waals surface area (Å²) < 4.78 is 8.88. The molecule has 0 aliphatic rings. The molecule has 7 heavy (non-hydrogen) atoms. The first-order valence-corrected chi connectivity index (χ1v) is 2.35. The third-order valence-electron chi connectivity index (χ3n) is 0. The van der Waals surface area contributed by atoms with Gasteiger partial charge >= 0.3 is 50.4 Å². The van der Waals surface area contributed by atoms with Crippen molar-refractivity contribution in [1.29, 1.82) is 0 Å². The molecule has 0 radical (unpaired) electrons. The Morgan fingerprint density at radius 1 is 1.14 bits per heavy atom. The zero-order chi connectivity index (χ0) is 4.50. The first-order valence-electron chi connectivity index (χ1n) is 0.783.